The molecule has 0 radical (unpaired) electrons. The maximum absolute atomic E-state index is 11.6. The zero-order chi connectivity index (χ0) is 11.5. The number of amides is 1. The Balaban J connectivity index is 2.18. The lowest BCUT2D eigenvalue weighted by Crippen LogP contribution is -2.12. The number of hydrogen-bond acceptors (Lipinski definition) is 4. The van der Waals surface area contributed by atoms with E-state index in [4.69, 9.17) is 16.7 Å². The monoisotopic (exact) mass is 254 g/mol. The number of nitrogens with zero attached hydrogens (tertiary/aromatic N) is 1. The Morgan fingerprint density at radius 1 is 1.50 bits per heavy atom. The van der Waals surface area contributed by atoms with Gasteiger partial charge in [0.25, 0.3) is 5.91 Å². The highest BCUT2D eigenvalue weighted by atomic mass is 35.5. The SMILES string of the molecule is O=C(Nc1ccc(O)cc1Cl)c1cscn1. The van der Waals surface area contributed by atoms with E-state index >= 15 is 0 Å². The molecule has 1 aromatic carbocycles. The van der Waals surface area contributed by atoms with E-state index in [1.54, 1.807) is 10.9 Å². The summed E-state index contributed by atoms with van der Waals surface area (Å²) in [6.45, 7) is 0. The summed E-state index contributed by atoms with van der Waals surface area (Å²) in [5.74, 6) is -0.273. The molecule has 0 saturated heterocycles. The van der Waals surface area contributed by atoms with Crippen LogP contribution in [-0.2, 0) is 0 Å². The number of halogens is 1. The first-order chi connectivity index (χ1) is 7.66. The first-order valence-electron chi connectivity index (χ1n) is 4.35. The quantitative estimate of drug-likeness (QED) is 0.810. The number of thiazole rings is 1. The normalized spacial score (nSPS) is 10.1. The highest BCUT2D eigenvalue weighted by molar-refractivity contribution is 7.07. The number of rotatable bonds is 2. The molecule has 16 heavy (non-hydrogen) atoms. The second kappa shape index (κ2) is 4.51. The third kappa shape index (κ3) is 2.32. The van der Waals surface area contributed by atoms with Gasteiger partial charge in [-0.05, 0) is 12.1 Å². The maximum Gasteiger partial charge on any atom is 0.275 e. The van der Waals surface area contributed by atoms with E-state index in [-0.39, 0.29) is 16.7 Å². The molecule has 6 heteroatoms. The Labute approximate surface area is 101 Å². The summed E-state index contributed by atoms with van der Waals surface area (Å²) in [6.07, 6.45) is 0. The molecule has 0 aliphatic carbocycles. The van der Waals surface area contributed by atoms with Crippen molar-refractivity contribution >= 4 is 34.5 Å². The van der Waals surface area contributed by atoms with Gasteiger partial charge >= 0.3 is 0 Å². The summed E-state index contributed by atoms with van der Waals surface area (Å²) in [4.78, 5) is 15.5. The molecule has 2 N–H and O–H groups in total. The molecule has 1 heterocycles. The second-order valence-corrected chi connectivity index (χ2v) is 4.12. The van der Waals surface area contributed by atoms with Gasteiger partial charge in [-0.2, -0.15) is 0 Å². The fraction of sp³-hybridized carbons (Fsp3) is 0. The molecule has 1 aromatic heterocycles. The maximum atomic E-state index is 11.6. The lowest BCUT2D eigenvalue weighted by molar-refractivity contribution is 0.102. The number of aromatic hydroxyl groups is 1. The van der Waals surface area contributed by atoms with Crippen LogP contribution in [0.4, 0.5) is 5.69 Å². The molecule has 4 nitrogen and oxygen atoms in total. The van der Waals surface area contributed by atoms with E-state index in [0.717, 1.165) is 0 Å². The Morgan fingerprint density at radius 2 is 2.31 bits per heavy atom. The average molecular weight is 255 g/mol. The number of nitrogens with one attached hydrogen (secondary N) is 1. The van der Waals surface area contributed by atoms with E-state index in [1.807, 2.05) is 0 Å². The number of carbonyl (C=O) groups is 1. The van der Waals surface area contributed by atoms with Crippen molar-refractivity contribution in [3.63, 3.8) is 0 Å². The van der Waals surface area contributed by atoms with E-state index < -0.39 is 0 Å². The minimum Gasteiger partial charge on any atom is -0.508 e. The first-order valence-corrected chi connectivity index (χ1v) is 5.67. The van der Waals surface area contributed by atoms with Crippen LogP contribution in [0, 0.1) is 0 Å². The molecule has 0 atom stereocenters. The van der Waals surface area contributed by atoms with Crippen molar-refractivity contribution in [3.05, 3.63) is 39.8 Å². The molecule has 0 saturated carbocycles. The standard InChI is InChI=1S/C10H7ClN2O2S/c11-7-3-6(14)1-2-8(7)13-10(15)9-4-16-5-12-9/h1-5,14H,(H,13,15). The molecule has 0 spiro atoms. The number of anilines is 1. The van der Waals surface area contributed by atoms with Crippen LogP contribution in [-0.4, -0.2) is 16.0 Å². The number of aromatic nitrogens is 1. The molecular formula is C10H7ClN2O2S. The molecule has 0 fully saturated rings. The number of phenols is 1. The van der Waals surface area contributed by atoms with Crippen molar-refractivity contribution < 1.29 is 9.90 Å². The minimum atomic E-state index is -0.325. The first kappa shape index (κ1) is 10.9. The van der Waals surface area contributed by atoms with Gasteiger partial charge in [-0.15, -0.1) is 11.3 Å². The molecule has 0 bridgehead atoms. The van der Waals surface area contributed by atoms with Crippen LogP contribution in [0.15, 0.2) is 29.1 Å². The average Bonchev–Trinajstić information content (AvgIpc) is 2.75. The lowest BCUT2D eigenvalue weighted by Gasteiger charge is -2.05. The largest absolute Gasteiger partial charge is 0.508 e. The second-order valence-electron chi connectivity index (χ2n) is 2.99. The molecule has 82 valence electrons. The number of benzene rings is 1. The Kier molecular flexibility index (Phi) is 3.07. The van der Waals surface area contributed by atoms with Gasteiger partial charge in [-0.25, -0.2) is 4.98 Å². The van der Waals surface area contributed by atoms with Crippen molar-refractivity contribution in [3.8, 4) is 5.75 Å². The van der Waals surface area contributed by atoms with Gasteiger partial charge in [0.15, 0.2) is 0 Å². The molecular weight excluding hydrogens is 248 g/mol. The van der Waals surface area contributed by atoms with Crippen LogP contribution in [0.1, 0.15) is 10.5 Å². The summed E-state index contributed by atoms with van der Waals surface area (Å²) in [5, 5.41) is 13.7. The fourth-order valence-corrected chi connectivity index (χ4v) is 1.87. The molecule has 1 amide bonds. The minimum absolute atomic E-state index is 0.0525. The van der Waals surface area contributed by atoms with Crippen LogP contribution in [0.3, 0.4) is 0 Å². The van der Waals surface area contributed by atoms with Gasteiger partial charge in [0.05, 0.1) is 16.2 Å². The molecule has 2 aromatic rings. The predicted molar refractivity (Wildman–Crippen MR) is 63.2 cm³/mol. The van der Waals surface area contributed by atoms with E-state index in [2.05, 4.69) is 10.3 Å². The number of phenolic OH excluding ortho intramolecular Hbond substituents is 1. The number of carbonyl (C=O) groups excluding carboxylic acids is 1. The fourth-order valence-electron chi connectivity index (χ4n) is 1.12. The summed E-state index contributed by atoms with van der Waals surface area (Å²) < 4.78 is 0. The van der Waals surface area contributed by atoms with Crippen molar-refractivity contribution in [2.45, 2.75) is 0 Å². The third-order valence-electron chi connectivity index (χ3n) is 1.87. The van der Waals surface area contributed by atoms with Gasteiger partial charge in [0.1, 0.15) is 11.4 Å². The third-order valence-corrected chi connectivity index (χ3v) is 2.77. The van der Waals surface area contributed by atoms with Crippen LogP contribution < -0.4 is 5.32 Å². The van der Waals surface area contributed by atoms with Crippen LogP contribution in [0.2, 0.25) is 5.02 Å². The summed E-state index contributed by atoms with van der Waals surface area (Å²) in [6, 6.07) is 4.34. The molecule has 2 rings (SSSR count). The van der Waals surface area contributed by atoms with Crippen LogP contribution >= 0.6 is 22.9 Å². The predicted octanol–water partition coefficient (Wildman–Crippen LogP) is 2.75. The summed E-state index contributed by atoms with van der Waals surface area (Å²) in [7, 11) is 0. The van der Waals surface area contributed by atoms with Crippen molar-refractivity contribution in [1.29, 1.82) is 0 Å². The van der Waals surface area contributed by atoms with E-state index in [0.29, 0.717) is 11.4 Å². The molecule has 0 aliphatic rings. The highest BCUT2D eigenvalue weighted by Crippen LogP contribution is 2.26. The highest BCUT2D eigenvalue weighted by Gasteiger charge is 2.10. The van der Waals surface area contributed by atoms with Crippen LogP contribution in [0.5, 0.6) is 5.75 Å². The Hall–Kier alpha value is -1.59. The Bertz CT molecular complexity index is 514. The van der Waals surface area contributed by atoms with Crippen LogP contribution in [0.25, 0.3) is 0 Å². The molecule has 0 aliphatic heterocycles. The summed E-state index contributed by atoms with van der Waals surface area (Å²) >= 11 is 7.18. The van der Waals surface area contributed by atoms with Gasteiger partial charge in [0.2, 0.25) is 0 Å². The topological polar surface area (TPSA) is 62.2 Å². The van der Waals surface area contributed by atoms with Gasteiger partial charge in [-0.1, -0.05) is 11.6 Å². The van der Waals surface area contributed by atoms with Crippen molar-refractivity contribution in [1.82, 2.24) is 4.98 Å². The number of hydrogen-bond donors (Lipinski definition) is 2. The van der Waals surface area contributed by atoms with E-state index in [1.165, 1.54) is 29.5 Å². The summed E-state index contributed by atoms with van der Waals surface area (Å²) in [5.41, 5.74) is 2.36. The van der Waals surface area contributed by atoms with Crippen molar-refractivity contribution in [2.75, 3.05) is 5.32 Å². The van der Waals surface area contributed by atoms with Crippen molar-refractivity contribution in [2.24, 2.45) is 0 Å². The zero-order valence-corrected chi connectivity index (χ0v) is 9.55. The van der Waals surface area contributed by atoms with Gasteiger partial charge in [-0.3, -0.25) is 4.79 Å². The van der Waals surface area contributed by atoms with Gasteiger partial charge in [0, 0.05) is 11.4 Å². The van der Waals surface area contributed by atoms with E-state index in [9.17, 15) is 4.79 Å². The smallest absolute Gasteiger partial charge is 0.275 e. The molecule has 0 unspecified atom stereocenters. The van der Waals surface area contributed by atoms with Gasteiger partial charge < -0.3 is 10.4 Å². The lowest BCUT2D eigenvalue weighted by atomic mass is 10.3. The zero-order valence-electron chi connectivity index (χ0n) is 7.98. The Morgan fingerprint density at radius 3 is 2.94 bits per heavy atom.